The summed E-state index contributed by atoms with van der Waals surface area (Å²) in [5.74, 6) is 0. The van der Waals surface area contributed by atoms with Gasteiger partial charge in [0.15, 0.2) is 0 Å². The van der Waals surface area contributed by atoms with E-state index in [1.54, 1.807) is 0 Å². The van der Waals surface area contributed by atoms with Crippen LogP contribution < -0.4 is 5.32 Å². The van der Waals surface area contributed by atoms with E-state index in [2.05, 4.69) is 44.5 Å². The van der Waals surface area contributed by atoms with Crippen molar-refractivity contribution in [3.8, 4) is 0 Å². The molecule has 13 heavy (non-hydrogen) atoms. The van der Waals surface area contributed by atoms with E-state index in [0.29, 0.717) is 0 Å². The summed E-state index contributed by atoms with van der Waals surface area (Å²) in [6.45, 7) is 9.87. The lowest BCUT2D eigenvalue weighted by Crippen LogP contribution is -2.37. The topological polar surface area (TPSA) is 12.0 Å². The average Bonchev–Trinajstić information content (AvgIpc) is 2.34. The molecule has 0 radical (unpaired) electrons. The molecule has 0 aliphatic carbocycles. The second kappa shape index (κ2) is 4.25. The Balaban J connectivity index is 2.32. The minimum Gasteiger partial charge on any atom is -0.312 e. The van der Waals surface area contributed by atoms with Crippen molar-refractivity contribution < 1.29 is 0 Å². The van der Waals surface area contributed by atoms with Crippen LogP contribution in [0, 0.1) is 6.92 Å². The van der Waals surface area contributed by atoms with E-state index in [4.69, 9.17) is 0 Å². The minimum absolute atomic E-state index is 0.240. The molecular formula is C11H19NS. The molecule has 1 nitrogen and oxygen atoms in total. The van der Waals surface area contributed by atoms with Gasteiger partial charge in [0.1, 0.15) is 0 Å². The minimum atomic E-state index is 0.240. The number of aryl methyl sites for hydroxylation is 1. The Morgan fingerprint density at radius 1 is 1.38 bits per heavy atom. The molecule has 0 aromatic carbocycles. The molecule has 1 aromatic heterocycles. The lowest BCUT2D eigenvalue weighted by atomic mass is 10.1. The van der Waals surface area contributed by atoms with E-state index in [-0.39, 0.29) is 5.54 Å². The van der Waals surface area contributed by atoms with Crippen molar-refractivity contribution in [3.63, 3.8) is 0 Å². The average molecular weight is 197 g/mol. The monoisotopic (exact) mass is 197 g/mol. The number of hydrogen-bond donors (Lipinski definition) is 1. The largest absolute Gasteiger partial charge is 0.312 e. The summed E-state index contributed by atoms with van der Waals surface area (Å²) in [6, 6.07) is 2.23. The molecule has 0 saturated carbocycles. The van der Waals surface area contributed by atoms with Gasteiger partial charge in [-0.2, -0.15) is 0 Å². The summed E-state index contributed by atoms with van der Waals surface area (Å²) in [5.41, 5.74) is 1.73. The molecule has 0 aliphatic heterocycles. The maximum Gasteiger partial charge on any atom is 0.00966 e. The SMILES string of the molecule is Cc1sccc1CCNC(C)(C)C. The number of rotatable bonds is 3. The highest BCUT2D eigenvalue weighted by atomic mass is 32.1. The third-order valence-corrected chi connectivity index (χ3v) is 2.90. The van der Waals surface area contributed by atoms with Crippen molar-refractivity contribution in [2.24, 2.45) is 0 Å². The van der Waals surface area contributed by atoms with Crippen molar-refractivity contribution in [1.29, 1.82) is 0 Å². The van der Waals surface area contributed by atoms with Crippen molar-refractivity contribution in [3.05, 3.63) is 21.9 Å². The van der Waals surface area contributed by atoms with Crippen LogP contribution in [-0.2, 0) is 6.42 Å². The number of nitrogens with one attached hydrogen (secondary N) is 1. The first-order valence-corrected chi connectivity index (χ1v) is 5.65. The van der Waals surface area contributed by atoms with Gasteiger partial charge in [-0.3, -0.25) is 0 Å². The van der Waals surface area contributed by atoms with Crippen LogP contribution in [0.1, 0.15) is 31.2 Å². The highest BCUT2D eigenvalue weighted by Gasteiger charge is 2.08. The van der Waals surface area contributed by atoms with E-state index in [1.165, 1.54) is 10.4 Å². The smallest absolute Gasteiger partial charge is 0.00966 e. The molecule has 2 heteroatoms. The zero-order valence-corrected chi connectivity index (χ0v) is 9.79. The van der Waals surface area contributed by atoms with Gasteiger partial charge < -0.3 is 5.32 Å². The first-order chi connectivity index (χ1) is 5.99. The Bertz CT molecular complexity index is 257. The molecule has 0 aliphatic rings. The third kappa shape index (κ3) is 3.92. The van der Waals surface area contributed by atoms with E-state index in [9.17, 15) is 0 Å². The first kappa shape index (κ1) is 10.7. The van der Waals surface area contributed by atoms with Gasteiger partial charge in [-0.25, -0.2) is 0 Å². The van der Waals surface area contributed by atoms with Crippen LogP contribution in [0.5, 0.6) is 0 Å². The Morgan fingerprint density at radius 3 is 2.54 bits per heavy atom. The van der Waals surface area contributed by atoms with Crippen molar-refractivity contribution in [2.45, 2.75) is 39.7 Å². The van der Waals surface area contributed by atoms with E-state index in [1.807, 2.05) is 11.3 Å². The maximum atomic E-state index is 3.49. The molecule has 0 amide bonds. The van der Waals surface area contributed by atoms with Gasteiger partial charge in [0.25, 0.3) is 0 Å². The lowest BCUT2D eigenvalue weighted by molar-refractivity contribution is 0.429. The molecule has 1 aromatic rings. The van der Waals surface area contributed by atoms with Crippen molar-refractivity contribution >= 4 is 11.3 Å². The second-order valence-electron chi connectivity index (χ2n) is 4.43. The van der Waals surface area contributed by atoms with E-state index < -0.39 is 0 Å². The summed E-state index contributed by atoms with van der Waals surface area (Å²) in [7, 11) is 0. The highest BCUT2D eigenvalue weighted by Crippen LogP contribution is 2.15. The van der Waals surface area contributed by atoms with Crippen LogP contribution in [0.2, 0.25) is 0 Å². The number of hydrogen-bond acceptors (Lipinski definition) is 2. The molecule has 0 saturated heterocycles. The first-order valence-electron chi connectivity index (χ1n) is 4.77. The van der Waals surface area contributed by atoms with E-state index >= 15 is 0 Å². The molecular weight excluding hydrogens is 178 g/mol. The fraction of sp³-hybridized carbons (Fsp3) is 0.636. The Morgan fingerprint density at radius 2 is 2.08 bits per heavy atom. The summed E-state index contributed by atoms with van der Waals surface area (Å²) < 4.78 is 0. The lowest BCUT2D eigenvalue weighted by Gasteiger charge is -2.20. The van der Waals surface area contributed by atoms with Gasteiger partial charge in [0.05, 0.1) is 0 Å². The Kier molecular flexibility index (Phi) is 3.51. The molecule has 0 bridgehead atoms. The fourth-order valence-electron chi connectivity index (χ4n) is 1.24. The zero-order chi connectivity index (χ0) is 9.90. The van der Waals surface area contributed by atoms with E-state index in [0.717, 1.165) is 13.0 Å². The summed E-state index contributed by atoms with van der Waals surface area (Å²) in [5, 5.41) is 5.66. The maximum absolute atomic E-state index is 3.49. The van der Waals surface area contributed by atoms with Gasteiger partial charge in [-0.15, -0.1) is 11.3 Å². The molecule has 0 fully saturated rings. The van der Waals surface area contributed by atoms with Crippen molar-refractivity contribution in [1.82, 2.24) is 5.32 Å². The van der Waals surface area contributed by atoms with Gasteiger partial charge >= 0.3 is 0 Å². The molecule has 1 heterocycles. The zero-order valence-electron chi connectivity index (χ0n) is 8.98. The van der Waals surface area contributed by atoms with Crippen LogP contribution in [0.25, 0.3) is 0 Å². The van der Waals surface area contributed by atoms with Crippen LogP contribution in [0.3, 0.4) is 0 Å². The summed E-state index contributed by atoms with van der Waals surface area (Å²) in [6.07, 6.45) is 1.15. The fourth-order valence-corrected chi connectivity index (χ4v) is 2.00. The second-order valence-corrected chi connectivity index (χ2v) is 5.55. The Hall–Kier alpha value is -0.340. The molecule has 1 rings (SSSR count). The molecule has 0 unspecified atom stereocenters. The van der Waals surface area contributed by atoms with Crippen LogP contribution in [-0.4, -0.2) is 12.1 Å². The van der Waals surface area contributed by atoms with Crippen molar-refractivity contribution in [2.75, 3.05) is 6.54 Å². The van der Waals surface area contributed by atoms with Gasteiger partial charge in [-0.05, 0) is 57.7 Å². The molecule has 74 valence electrons. The number of thiophene rings is 1. The third-order valence-electron chi connectivity index (χ3n) is 2.02. The highest BCUT2D eigenvalue weighted by molar-refractivity contribution is 7.10. The quantitative estimate of drug-likeness (QED) is 0.785. The normalized spacial score (nSPS) is 12.0. The Labute approximate surface area is 85.2 Å². The van der Waals surface area contributed by atoms with Gasteiger partial charge in [0, 0.05) is 10.4 Å². The van der Waals surface area contributed by atoms with Gasteiger partial charge in [-0.1, -0.05) is 0 Å². The summed E-state index contributed by atoms with van der Waals surface area (Å²) >= 11 is 1.83. The predicted octanol–water partition coefficient (Wildman–Crippen LogP) is 2.99. The summed E-state index contributed by atoms with van der Waals surface area (Å²) in [4.78, 5) is 1.45. The van der Waals surface area contributed by atoms with Crippen LogP contribution in [0.4, 0.5) is 0 Å². The van der Waals surface area contributed by atoms with Gasteiger partial charge in [0.2, 0.25) is 0 Å². The molecule has 0 spiro atoms. The molecule has 1 N–H and O–H groups in total. The van der Waals surface area contributed by atoms with Crippen LogP contribution in [0.15, 0.2) is 11.4 Å². The van der Waals surface area contributed by atoms with Crippen LogP contribution >= 0.6 is 11.3 Å². The molecule has 0 atom stereocenters. The predicted molar refractivity (Wildman–Crippen MR) is 60.5 cm³/mol. The standard InChI is InChI=1S/C11H19NS/c1-9-10(6-8-13-9)5-7-12-11(2,3)4/h6,8,12H,5,7H2,1-4H3.